The first-order valence-electron chi connectivity index (χ1n) is 5.82. The fourth-order valence-corrected chi connectivity index (χ4v) is 2.08. The third-order valence-electron chi connectivity index (χ3n) is 3.02. The van der Waals surface area contributed by atoms with Crippen molar-refractivity contribution >= 4 is 11.0 Å². The van der Waals surface area contributed by atoms with Crippen LogP contribution < -0.4 is 4.85 Å². The average molecular weight is 239 g/mol. The molecular weight excluding hydrogens is 226 g/mol. The van der Waals surface area contributed by atoms with Crippen LogP contribution in [0.4, 0.5) is 0 Å². The van der Waals surface area contributed by atoms with Crippen molar-refractivity contribution in [3.05, 3.63) is 58.8 Å². The quantitative estimate of drug-likeness (QED) is 0.483. The molecule has 18 heavy (non-hydrogen) atoms. The van der Waals surface area contributed by atoms with Gasteiger partial charge in [-0.05, 0) is 42.4 Å². The van der Waals surface area contributed by atoms with E-state index in [1.54, 1.807) is 6.07 Å². The highest BCUT2D eigenvalue weighted by Gasteiger charge is 2.17. The normalized spacial score (nSPS) is 11.0. The van der Waals surface area contributed by atoms with Crippen LogP contribution in [-0.2, 0) is 0 Å². The molecule has 0 bridgehead atoms. The van der Waals surface area contributed by atoms with Gasteiger partial charge in [-0.15, -0.1) is 4.85 Å². The van der Waals surface area contributed by atoms with E-state index in [0.717, 1.165) is 27.2 Å². The van der Waals surface area contributed by atoms with E-state index < -0.39 is 0 Å². The minimum absolute atomic E-state index is 0.594. The van der Waals surface area contributed by atoms with Crippen LogP contribution in [0.1, 0.15) is 11.1 Å². The van der Waals surface area contributed by atoms with E-state index in [4.69, 9.17) is 0 Å². The van der Waals surface area contributed by atoms with E-state index >= 15 is 0 Å². The van der Waals surface area contributed by atoms with Gasteiger partial charge in [0.15, 0.2) is 0 Å². The molecule has 0 aliphatic heterocycles. The Kier molecular flexibility index (Phi) is 2.30. The van der Waals surface area contributed by atoms with Gasteiger partial charge in [-0.2, -0.15) is 0 Å². The molecule has 0 radical (unpaired) electrons. The SMILES string of the molecule is Cc1cccc(-n2nc3c(C)cccc3[n+]2[O-])c1. The minimum Gasteiger partial charge on any atom is -0.692 e. The second-order valence-electron chi connectivity index (χ2n) is 4.44. The molecule has 3 rings (SSSR count). The molecule has 0 aliphatic rings. The second-order valence-corrected chi connectivity index (χ2v) is 4.44. The number of hydrogen-bond acceptors (Lipinski definition) is 2. The fraction of sp³-hybridized carbons (Fsp3) is 0.143. The Morgan fingerprint density at radius 3 is 2.61 bits per heavy atom. The van der Waals surface area contributed by atoms with Crippen molar-refractivity contribution in [3.8, 4) is 5.69 Å². The molecule has 0 amide bonds. The van der Waals surface area contributed by atoms with Gasteiger partial charge >= 0.3 is 0 Å². The molecule has 0 saturated heterocycles. The first kappa shape index (κ1) is 10.8. The topological polar surface area (TPSA) is 44.8 Å². The summed E-state index contributed by atoms with van der Waals surface area (Å²) in [7, 11) is 0. The Morgan fingerprint density at radius 1 is 1.11 bits per heavy atom. The van der Waals surface area contributed by atoms with Gasteiger partial charge in [0.1, 0.15) is 5.69 Å². The van der Waals surface area contributed by atoms with Gasteiger partial charge in [0, 0.05) is 5.56 Å². The van der Waals surface area contributed by atoms with E-state index in [1.165, 1.54) is 4.80 Å². The van der Waals surface area contributed by atoms with E-state index in [2.05, 4.69) is 5.10 Å². The molecule has 1 heterocycles. The summed E-state index contributed by atoms with van der Waals surface area (Å²) in [6.45, 7) is 3.95. The molecule has 90 valence electrons. The molecule has 0 aliphatic carbocycles. The van der Waals surface area contributed by atoms with Gasteiger partial charge in [0.2, 0.25) is 5.52 Å². The second kappa shape index (κ2) is 3.84. The van der Waals surface area contributed by atoms with Crippen LogP contribution in [0.5, 0.6) is 0 Å². The lowest BCUT2D eigenvalue weighted by molar-refractivity contribution is -0.664. The van der Waals surface area contributed by atoms with Crippen LogP contribution in [0.2, 0.25) is 0 Å². The van der Waals surface area contributed by atoms with E-state index in [-0.39, 0.29) is 0 Å². The monoisotopic (exact) mass is 239 g/mol. The molecule has 0 atom stereocenters. The fourth-order valence-electron chi connectivity index (χ4n) is 2.08. The number of hydrogen-bond donors (Lipinski definition) is 0. The number of rotatable bonds is 1. The lowest BCUT2D eigenvalue weighted by atomic mass is 10.2. The van der Waals surface area contributed by atoms with Gasteiger partial charge in [-0.3, -0.25) is 0 Å². The zero-order valence-electron chi connectivity index (χ0n) is 10.3. The summed E-state index contributed by atoms with van der Waals surface area (Å²) in [5, 5.41) is 16.6. The summed E-state index contributed by atoms with van der Waals surface area (Å²) in [6, 6.07) is 13.3. The predicted octanol–water partition coefficient (Wildman–Crippen LogP) is 2.28. The molecule has 4 nitrogen and oxygen atoms in total. The number of nitrogens with zero attached hydrogens (tertiary/aromatic N) is 3. The van der Waals surface area contributed by atoms with Gasteiger partial charge in [-0.25, -0.2) is 0 Å². The average Bonchev–Trinajstić information content (AvgIpc) is 2.69. The summed E-state index contributed by atoms with van der Waals surface area (Å²) in [4.78, 5) is 2.22. The zero-order valence-corrected chi connectivity index (χ0v) is 10.3. The lowest BCUT2D eigenvalue weighted by Gasteiger charge is -2.04. The van der Waals surface area contributed by atoms with Crippen molar-refractivity contribution in [1.29, 1.82) is 0 Å². The molecule has 0 saturated carbocycles. The maximum atomic E-state index is 12.2. The smallest absolute Gasteiger partial charge is 0.253 e. The number of aromatic nitrogens is 3. The lowest BCUT2D eigenvalue weighted by Crippen LogP contribution is -2.37. The Balaban J connectivity index is 2.30. The highest BCUT2D eigenvalue weighted by atomic mass is 16.5. The van der Waals surface area contributed by atoms with Crippen molar-refractivity contribution in [2.24, 2.45) is 0 Å². The third-order valence-corrected chi connectivity index (χ3v) is 3.02. The first-order valence-corrected chi connectivity index (χ1v) is 5.82. The number of benzene rings is 2. The first-order chi connectivity index (χ1) is 8.66. The predicted molar refractivity (Wildman–Crippen MR) is 69.5 cm³/mol. The Hall–Kier alpha value is -2.36. The summed E-state index contributed by atoms with van der Waals surface area (Å²) in [5.41, 5.74) is 4.22. The van der Waals surface area contributed by atoms with Gasteiger partial charge in [0.25, 0.3) is 5.52 Å². The summed E-state index contributed by atoms with van der Waals surface area (Å²) in [6.07, 6.45) is 0. The zero-order chi connectivity index (χ0) is 12.7. The highest BCUT2D eigenvalue weighted by molar-refractivity contribution is 5.74. The van der Waals surface area contributed by atoms with Crippen molar-refractivity contribution in [3.63, 3.8) is 0 Å². The molecule has 2 aromatic carbocycles. The van der Waals surface area contributed by atoms with Crippen LogP contribution in [0, 0.1) is 19.1 Å². The molecular formula is C14H13N3O. The minimum atomic E-state index is 0.594. The van der Waals surface area contributed by atoms with Gasteiger partial charge < -0.3 is 5.21 Å². The maximum Gasteiger partial charge on any atom is 0.253 e. The summed E-state index contributed by atoms with van der Waals surface area (Å²) >= 11 is 0. The van der Waals surface area contributed by atoms with E-state index in [0.29, 0.717) is 5.52 Å². The summed E-state index contributed by atoms with van der Waals surface area (Å²) < 4.78 is 0. The Morgan fingerprint density at radius 2 is 1.89 bits per heavy atom. The van der Waals surface area contributed by atoms with Crippen molar-refractivity contribution in [2.75, 3.05) is 0 Å². The summed E-state index contributed by atoms with van der Waals surface area (Å²) in [5.74, 6) is 0. The maximum absolute atomic E-state index is 12.2. The van der Waals surface area contributed by atoms with Gasteiger partial charge in [0.05, 0.1) is 5.10 Å². The molecule has 0 unspecified atom stereocenters. The van der Waals surface area contributed by atoms with Crippen LogP contribution in [0.15, 0.2) is 42.5 Å². The Labute approximate surface area is 105 Å². The van der Waals surface area contributed by atoms with Crippen LogP contribution in [0.3, 0.4) is 0 Å². The van der Waals surface area contributed by atoms with E-state index in [9.17, 15) is 5.21 Å². The van der Waals surface area contributed by atoms with Crippen LogP contribution in [-0.4, -0.2) is 9.90 Å². The molecule has 0 spiro atoms. The van der Waals surface area contributed by atoms with Crippen LogP contribution in [0.25, 0.3) is 16.7 Å². The Bertz CT molecular complexity index is 731. The molecule has 3 aromatic rings. The highest BCUT2D eigenvalue weighted by Crippen LogP contribution is 2.14. The molecule has 0 fully saturated rings. The number of fused-ring (bicyclic) bond motifs is 1. The molecule has 0 N–H and O–H groups in total. The van der Waals surface area contributed by atoms with Crippen LogP contribution >= 0.6 is 0 Å². The van der Waals surface area contributed by atoms with Crippen molar-refractivity contribution in [2.45, 2.75) is 13.8 Å². The van der Waals surface area contributed by atoms with E-state index in [1.807, 2.05) is 50.2 Å². The van der Waals surface area contributed by atoms with Gasteiger partial charge in [-0.1, -0.05) is 24.3 Å². The number of aryl methyl sites for hydroxylation is 2. The molecule has 1 aromatic heterocycles. The van der Waals surface area contributed by atoms with Crippen molar-refractivity contribution < 1.29 is 4.85 Å². The largest absolute Gasteiger partial charge is 0.692 e. The standard InChI is InChI=1S/C14H13N3O/c1-10-5-3-7-12(9-10)16-15-14-11(2)6-4-8-13(14)17(16)18/h3-9H,1-2H3. The third kappa shape index (κ3) is 1.54. The van der Waals surface area contributed by atoms with Crippen molar-refractivity contribution in [1.82, 2.24) is 9.90 Å². The molecule has 4 heteroatoms.